The van der Waals surface area contributed by atoms with E-state index in [1.54, 1.807) is 6.07 Å². The normalized spacial score (nSPS) is 24.2. The fourth-order valence-electron chi connectivity index (χ4n) is 2.12. The van der Waals surface area contributed by atoms with Gasteiger partial charge in [-0.25, -0.2) is 4.39 Å². The molecule has 0 saturated carbocycles. The van der Waals surface area contributed by atoms with Gasteiger partial charge in [0.25, 0.3) is 0 Å². The van der Waals surface area contributed by atoms with Crippen molar-refractivity contribution in [1.82, 2.24) is 5.32 Å². The summed E-state index contributed by atoms with van der Waals surface area (Å²) in [4.78, 5) is 0. The fourth-order valence-corrected chi connectivity index (χ4v) is 2.30. The lowest BCUT2D eigenvalue weighted by molar-refractivity contribution is 0.105. The molecule has 1 saturated heterocycles. The Labute approximate surface area is 106 Å². The number of ether oxygens (including phenoxy) is 1. The summed E-state index contributed by atoms with van der Waals surface area (Å²) >= 11 is 5.99. The summed E-state index contributed by atoms with van der Waals surface area (Å²) in [6, 6.07) is 4.44. The van der Waals surface area contributed by atoms with Crippen molar-refractivity contribution in [2.24, 2.45) is 5.92 Å². The van der Waals surface area contributed by atoms with Gasteiger partial charge in [-0.15, -0.1) is 0 Å². The number of hydrogen-bond acceptors (Lipinski definition) is 2. The molecule has 1 aliphatic heterocycles. The van der Waals surface area contributed by atoms with Crippen molar-refractivity contribution in [3.8, 4) is 0 Å². The van der Waals surface area contributed by atoms with Gasteiger partial charge in [-0.05, 0) is 43.0 Å². The Balaban J connectivity index is 1.83. The maximum absolute atomic E-state index is 13.0. The Kier molecular flexibility index (Phi) is 4.37. The third-order valence-electron chi connectivity index (χ3n) is 3.26. The lowest BCUT2D eigenvalue weighted by atomic mass is 10.0. The minimum atomic E-state index is -0.247. The van der Waals surface area contributed by atoms with Crippen molar-refractivity contribution in [2.45, 2.75) is 26.0 Å². The van der Waals surface area contributed by atoms with Gasteiger partial charge in [0.05, 0.1) is 6.10 Å². The molecule has 1 heterocycles. The van der Waals surface area contributed by atoms with Gasteiger partial charge in [0.1, 0.15) is 5.82 Å². The summed E-state index contributed by atoms with van der Waals surface area (Å²) in [5, 5.41) is 3.92. The van der Waals surface area contributed by atoms with Gasteiger partial charge in [-0.2, -0.15) is 0 Å². The first kappa shape index (κ1) is 12.8. The summed E-state index contributed by atoms with van der Waals surface area (Å²) in [6.45, 7) is 4.41. The Morgan fingerprint density at radius 2 is 2.35 bits per heavy atom. The van der Waals surface area contributed by atoms with Crippen molar-refractivity contribution in [2.75, 3.05) is 13.2 Å². The van der Waals surface area contributed by atoms with E-state index >= 15 is 0 Å². The molecule has 4 heteroatoms. The average Bonchev–Trinajstić information content (AvgIpc) is 2.70. The summed E-state index contributed by atoms with van der Waals surface area (Å²) in [5.74, 6) is 0.297. The summed E-state index contributed by atoms with van der Waals surface area (Å²) in [6.07, 6.45) is 1.40. The zero-order valence-electron chi connectivity index (χ0n) is 9.88. The predicted octanol–water partition coefficient (Wildman–Crippen LogP) is 2.99. The lowest BCUT2D eigenvalue weighted by Crippen LogP contribution is -2.26. The molecule has 1 N–H and O–H groups in total. The highest BCUT2D eigenvalue weighted by molar-refractivity contribution is 6.31. The molecule has 2 atom stereocenters. The van der Waals surface area contributed by atoms with Crippen molar-refractivity contribution in [3.05, 3.63) is 34.6 Å². The van der Waals surface area contributed by atoms with E-state index in [9.17, 15) is 4.39 Å². The standard InChI is InChI=1S/C13H17ClFNO/c1-9-10(4-5-17-9)7-16-8-11-6-12(15)2-3-13(11)14/h2-3,6,9-10,16H,4-5,7-8H2,1H3. The molecular formula is C13H17ClFNO. The largest absolute Gasteiger partial charge is 0.378 e. The molecular weight excluding hydrogens is 241 g/mol. The Morgan fingerprint density at radius 1 is 1.53 bits per heavy atom. The molecule has 1 aromatic rings. The van der Waals surface area contributed by atoms with Crippen LogP contribution < -0.4 is 5.32 Å². The molecule has 17 heavy (non-hydrogen) atoms. The van der Waals surface area contributed by atoms with E-state index in [1.807, 2.05) is 0 Å². The van der Waals surface area contributed by atoms with Crippen LogP contribution in [0.5, 0.6) is 0 Å². The zero-order chi connectivity index (χ0) is 12.3. The van der Waals surface area contributed by atoms with Gasteiger partial charge in [-0.3, -0.25) is 0 Å². The second-order valence-electron chi connectivity index (χ2n) is 4.49. The summed E-state index contributed by atoms with van der Waals surface area (Å²) < 4.78 is 18.5. The maximum Gasteiger partial charge on any atom is 0.123 e. The van der Waals surface area contributed by atoms with Crippen LogP contribution in [0.25, 0.3) is 0 Å². The molecule has 0 amide bonds. The van der Waals surface area contributed by atoms with Crippen molar-refractivity contribution >= 4 is 11.6 Å². The van der Waals surface area contributed by atoms with Crippen LogP contribution in [0.3, 0.4) is 0 Å². The summed E-state index contributed by atoms with van der Waals surface area (Å²) in [5.41, 5.74) is 0.804. The van der Waals surface area contributed by atoms with Gasteiger partial charge < -0.3 is 10.1 Å². The Morgan fingerprint density at radius 3 is 3.06 bits per heavy atom. The molecule has 0 aliphatic carbocycles. The first-order valence-electron chi connectivity index (χ1n) is 5.93. The van der Waals surface area contributed by atoms with Gasteiger partial charge in [-0.1, -0.05) is 11.6 Å². The van der Waals surface area contributed by atoms with Crippen molar-refractivity contribution < 1.29 is 9.13 Å². The first-order valence-corrected chi connectivity index (χ1v) is 6.31. The number of halogens is 2. The second-order valence-corrected chi connectivity index (χ2v) is 4.90. The number of nitrogens with one attached hydrogen (secondary N) is 1. The van der Waals surface area contributed by atoms with Crippen LogP contribution in [0.1, 0.15) is 18.9 Å². The summed E-state index contributed by atoms with van der Waals surface area (Å²) in [7, 11) is 0. The smallest absolute Gasteiger partial charge is 0.123 e. The third kappa shape index (κ3) is 3.41. The Bertz CT molecular complexity index is 386. The molecule has 2 rings (SSSR count). The second kappa shape index (κ2) is 5.80. The molecule has 94 valence electrons. The topological polar surface area (TPSA) is 21.3 Å². The fraction of sp³-hybridized carbons (Fsp3) is 0.538. The van der Waals surface area contributed by atoms with Crippen LogP contribution in [-0.4, -0.2) is 19.3 Å². The number of hydrogen-bond donors (Lipinski definition) is 1. The average molecular weight is 258 g/mol. The maximum atomic E-state index is 13.0. The minimum Gasteiger partial charge on any atom is -0.378 e. The molecule has 0 radical (unpaired) electrons. The highest BCUT2D eigenvalue weighted by Gasteiger charge is 2.23. The SMILES string of the molecule is CC1OCCC1CNCc1cc(F)ccc1Cl. The van der Waals surface area contributed by atoms with Gasteiger partial charge in [0.15, 0.2) is 0 Å². The molecule has 1 aromatic carbocycles. The van der Waals surface area contributed by atoms with E-state index in [0.29, 0.717) is 23.6 Å². The number of benzene rings is 1. The molecule has 0 spiro atoms. The van der Waals surface area contributed by atoms with Crippen molar-refractivity contribution in [1.29, 1.82) is 0 Å². The zero-order valence-corrected chi connectivity index (χ0v) is 10.6. The molecule has 0 bridgehead atoms. The van der Waals surface area contributed by atoms with Gasteiger partial charge >= 0.3 is 0 Å². The monoisotopic (exact) mass is 257 g/mol. The lowest BCUT2D eigenvalue weighted by Gasteiger charge is -2.15. The van der Waals surface area contributed by atoms with Gasteiger partial charge in [0, 0.05) is 24.7 Å². The molecule has 2 unspecified atom stereocenters. The van der Waals surface area contributed by atoms with E-state index in [1.165, 1.54) is 12.1 Å². The third-order valence-corrected chi connectivity index (χ3v) is 3.63. The Hall–Kier alpha value is -0.640. The highest BCUT2D eigenvalue weighted by Crippen LogP contribution is 2.20. The van der Waals surface area contributed by atoms with Crippen LogP contribution in [0, 0.1) is 11.7 Å². The van der Waals surface area contributed by atoms with Crippen LogP contribution in [0.2, 0.25) is 5.02 Å². The molecule has 2 nitrogen and oxygen atoms in total. The predicted molar refractivity (Wildman–Crippen MR) is 66.6 cm³/mol. The van der Waals surface area contributed by atoms with Crippen LogP contribution in [-0.2, 0) is 11.3 Å². The van der Waals surface area contributed by atoms with E-state index in [2.05, 4.69) is 12.2 Å². The number of rotatable bonds is 4. The van der Waals surface area contributed by atoms with E-state index in [4.69, 9.17) is 16.3 Å². The first-order chi connectivity index (χ1) is 8.16. The van der Waals surface area contributed by atoms with Crippen LogP contribution in [0.15, 0.2) is 18.2 Å². The van der Waals surface area contributed by atoms with Crippen LogP contribution in [0.4, 0.5) is 4.39 Å². The van der Waals surface area contributed by atoms with E-state index in [0.717, 1.165) is 25.1 Å². The molecule has 1 aliphatic rings. The van der Waals surface area contributed by atoms with Crippen LogP contribution >= 0.6 is 11.6 Å². The molecule has 1 fully saturated rings. The van der Waals surface area contributed by atoms with E-state index < -0.39 is 0 Å². The minimum absolute atomic E-state index is 0.247. The van der Waals surface area contributed by atoms with Gasteiger partial charge in [0.2, 0.25) is 0 Å². The quantitative estimate of drug-likeness (QED) is 0.895. The van der Waals surface area contributed by atoms with Crippen molar-refractivity contribution in [3.63, 3.8) is 0 Å². The molecule has 0 aromatic heterocycles. The van der Waals surface area contributed by atoms with E-state index in [-0.39, 0.29) is 5.82 Å². The highest BCUT2D eigenvalue weighted by atomic mass is 35.5.